The number of likely N-dealkylation sites (tertiary alicyclic amines) is 1. The quantitative estimate of drug-likeness (QED) is 0.751. The summed E-state index contributed by atoms with van der Waals surface area (Å²) in [5.74, 6) is 2.52. The molecule has 0 bridgehead atoms. The van der Waals surface area contributed by atoms with Crippen LogP contribution in [0.2, 0.25) is 0 Å². The van der Waals surface area contributed by atoms with E-state index in [2.05, 4.69) is 18.7 Å². The Bertz CT molecular complexity index is 256. The minimum absolute atomic E-state index is 0.378. The SMILES string of the molecule is CC1CCC(C(=O)CN2CCCC(C)C2)CC1. The summed E-state index contributed by atoms with van der Waals surface area (Å²) in [5.41, 5.74) is 0. The van der Waals surface area contributed by atoms with Crippen LogP contribution in [0.1, 0.15) is 52.4 Å². The molecule has 0 aromatic heterocycles. The van der Waals surface area contributed by atoms with E-state index in [0.29, 0.717) is 11.7 Å². The molecule has 1 atom stereocenters. The Morgan fingerprint density at radius 3 is 2.41 bits per heavy atom. The van der Waals surface area contributed by atoms with Crippen LogP contribution in [0, 0.1) is 17.8 Å². The molecule has 1 saturated heterocycles. The van der Waals surface area contributed by atoms with Crippen LogP contribution in [0.25, 0.3) is 0 Å². The lowest BCUT2D eigenvalue weighted by molar-refractivity contribution is -0.125. The van der Waals surface area contributed by atoms with Gasteiger partial charge in [-0.3, -0.25) is 9.69 Å². The number of carbonyl (C=O) groups excluding carboxylic acids is 1. The Balaban J connectivity index is 1.76. The highest BCUT2D eigenvalue weighted by Gasteiger charge is 2.26. The predicted molar refractivity (Wildman–Crippen MR) is 71.0 cm³/mol. The van der Waals surface area contributed by atoms with Gasteiger partial charge < -0.3 is 0 Å². The van der Waals surface area contributed by atoms with Crippen molar-refractivity contribution in [3.05, 3.63) is 0 Å². The smallest absolute Gasteiger partial charge is 0.149 e. The molecule has 0 aromatic rings. The minimum atomic E-state index is 0.378. The van der Waals surface area contributed by atoms with Crippen LogP contribution in [0.5, 0.6) is 0 Å². The number of piperidine rings is 1. The van der Waals surface area contributed by atoms with E-state index in [1.807, 2.05) is 0 Å². The molecule has 17 heavy (non-hydrogen) atoms. The number of hydrogen-bond donors (Lipinski definition) is 0. The largest absolute Gasteiger partial charge is 0.298 e. The van der Waals surface area contributed by atoms with Crippen molar-refractivity contribution in [2.24, 2.45) is 17.8 Å². The highest BCUT2D eigenvalue weighted by molar-refractivity contribution is 5.83. The Kier molecular flexibility index (Phi) is 4.61. The van der Waals surface area contributed by atoms with Crippen LogP contribution in [-0.4, -0.2) is 30.3 Å². The predicted octanol–water partition coefficient (Wildman–Crippen LogP) is 3.11. The van der Waals surface area contributed by atoms with Crippen LogP contribution in [0.15, 0.2) is 0 Å². The highest BCUT2D eigenvalue weighted by atomic mass is 16.1. The average molecular weight is 237 g/mol. The number of Topliss-reactive ketones (excluding diaryl/α,β-unsaturated/α-hetero) is 1. The van der Waals surface area contributed by atoms with Crippen LogP contribution < -0.4 is 0 Å². The van der Waals surface area contributed by atoms with Crippen LogP contribution >= 0.6 is 0 Å². The summed E-state index contributed by atoms with van der Waals surface area (Å²) < 4.78 is 0. The van der Waals surface area contributed by atoms with E-state index in [-0.39, 0.29) is 0 Å². The number of hydrogen-bond acceptors (Lipinski definition) is 2. The van der Waals surface area contributed by atoms with E-state index < -0.39 is 0 Å². The molecule has 0 amide bonds. The molecule has 2 nitrogen and oxygen atoms in total. The molecular weight excluding hydrogens is 210 g/mol. The van der Waals surface area contributed by atoms with Crippen LogP contribution in [-0.2, 0) is 4.79 Å². The monoisotopic (exact) mass is 237 g/mol. The van der Waals surface area contributed by atoms with Gasteiger partial charge in [-0.2, -0.15) is 0 Å². The van der Waals surface area contributed by atoms with E-state index in [0.717, 1.165) is 44.3 Å². The van der Waals surface area contributed by atoms with Gasteiger partial charge in [-0.1, -0.05) is 26.7 Å². The van der Waals surface area contributed by atoms with Gasteiger partial charge in [0.25, 0.3) is 0 Å². The van der Waals surface area contributed by atoms with Crippen LogP contribution in [0.3, 0.4) is 0 Å². The van der Waals surface area contributed by atoms with Crippen molar-refractivity contribution >= 4 is 5.78 Å². The molecule has 2 rings (SSSR count). The molecule has 2 fully saturated rings. The van der Waals surface area contributed by atoms with Crippen LogP contribution in [0.4, 0.5) is 0 Å². The zero-order chi connectivity index (χ0) is 12.3. The van der Waals surface area contributed by atoms with Gasteiger partial charge in [0.15, 0.2) is 0 Å². The maximum Gasteiger partial charge on any atom is 0.149 e. The normalized spacial score (nSPS) is 35.8. The molecular formula is C15H27NO. The summed E-state index contributed by atoms with van der Waals surface area (Å²) >= 11 is 0. The van der Waals surface area contributed by atoms with E-state index in [1.165, 1.54) is 25.7 Å². The molecule has 1 aliphatic heterocycles. The zero-order valence-electron chi connectivity index (χ0n) is 11.5. The van der Waals surface area contributed by atoms with Gasteiger partial charge in [-0.05, 0) is 44.1 Å². The molecule has 0 aromatic carbocycles. The lowest BCUT2D eigenvalue weighted by Gasteiger charge is -2.32. The lowest BCUT2D eigenvalue weighted by atomic mass is 9.80. The fourth-order valence-corrected chi connectivity index (χ4v) is 3.36. The molecule has 1 unspecified atom stereocenters. The average Bonchev–Trinajstić information content (AvgIpc) is 2.29. The first-order chi connectivity index (χ1) is 8.15. The third kappa shape index (κ3) is 3.80. The summed E-state index contributed by atoms with van der Waals surface area (Å²) in [7, 11) is 0. The van der Waals surface area contributed by atoms with Crippen molar-refractivity contribution in [3.63, 3.8) is 0 Å². The van der Waals surface area contributed by atoms with E-state index >= 15 is 0 Å². The molecule has 1 saturated carbocycles. The number of carbonyl (C=O) groups is 1. The van der Waals surface area contributed by atoms with Gasteiger partial charge in [-0.25, -0.2) is 0 Å². The van der Waals surface area contributed by atoms with Crippen molar-refractivity contribution in [1.82, 2.24) is 4.90 Å². The van der Waals surface area contributed by atoms with Crippen molar-refractivity contribution in [2.45, 2.75) is 52.4 Å². The Morgan fingerprint density at radius 2 is 1.76 bits per heavy atom. The first-order valence-electron chi connectivity index (χ1n) is 7.40. The third-order valence-electron chi connectivity index (χ3n) is 4.59. The molecule has 1 heterocycles. The van der Waals surface area contributed by atoms with Crippen molar-refractivity contribution in [2.75, 3.05) is 19.6 Å². The summed E-state index contributed by atoms with van der Waals surface area (Å²) in [4.78, 5) is 14.6. The maximum atomic E-state index is 12.2. The summed E-state index contributed by atoms with van der Waals surface area (Å²) in [5, 5.41) is 0. The van der Waals surface area contributed by atoms with E-state index in [1.54, 1.807) is 0 Å². The van der Waals surface area contributed by atoms with Gasteiger partial charge >= 0.3 is 0 Å². The topological polar surface area (TPSA) is 20.3 Å². The Morgan fingerprint density at radius 1 is 1.06 bits per heavy atom. The molecule has 1 aliphatic carbocycles. The van der Waals surface area contributed by atoms with Gasteiger partial charge in [0.05, 0.1) is 6.54 Å². The van der Waals surface area contributed by atoms with Gasteiger partial charge in [0, 0.05) is 12.5 Å². The third-order valence-corrected chi connectivity index (χ3v) is 4.59. The highest BCUT2D eigenvalue weighted by Crippen LogP contribution is 2.29. The summed E-state index contributed by atoms with van der Waals surface area (Å²) in [6.07, 6.45) is 7.41. The Hall–Kier alpha value is -0.370. The molecule has 0 N–H and O–H groups in total. The van der Waals surface area contributed by atoms with Gasteiger partial charge in [0.1, 0.15) is 5.78 Å². The molecule has 2 aliphatic rings. The zero-order valence-corrected chi connectivity index (χ0v) is 11.5. The number of ketones is 1. The number of rotatable bonds is 3. The standard InChI is InChI=1S/C15H27NO/c1-12-5-7-14(8-6-12)15(17)11-16-9-3-4-13(2)10-16/h12-14H,3-11H2,1-2H3. The second-order valence-corrected chi connectivity index (χ2v) is 6.41. The summed E-state index contributed by atoms with van der Waals surface area (Å²) in [6.45, 7) is 7.61. The molecule has 98 valence electrons. The first kappa shape index (κ1) is 13.1. The number of nitrogens with zero attached hydrogens (tertiary/aromatic N) is 1. The second kappa shape index (κ2) is 5.99. The van der Waals surface area contributed by atoms with Crippen molar-refractivity contribution in [3.8, 4) is 0 Å². The van der Waals surface area contributed by atoms with E-state index in [4.69, 9.17) is 0 Å². The maximum absolute atomic E-state index is 12.2. The fraction of sp³-hybridized carbons (Fsp3) is 0.933. The lowest BCUT2D eigenvalue weighted by Crippen LogP contribution is -2.40. The minimum Gasteiger partial charge on any atom is -0.298 e. The van der Waals surface area contributed by atoms with Crippen molar-refractivity contribution in [1.29, 1.82) is 0 Å². The summed E-state index contributed by atoms with van der Waals surface area (Å²) in [6, 6.07) is 0. The molecule has 0 spiro atoms. The molecule has 2 heteroatoms. The second-order valence-electron chi connectivity index (χ2n) is 6.41. The first-order valence-corrected chi connectivity index (χ1v) is 7.40. The molecule has 0 radical (unpaired) electrons. The van der Waals surface area contributed by atoms with Gasteiger partial charge in [0.2, 0.25) is 0 Å². The fourth-order valence-electron chi connectivity index (χ4n) is 3.36. The Labute approximate surface area is 106 Å². The van der Waals surface area contributed by atoms with Gasteiger partial charge in [-0.15, -0.1) is 0 Å². The van der Waals surface area contributed by atoms with Crippen molar-refractivity contribution < 1.29 is 4.79 Å². The van der Waals surface area contributed by atoms with E-state index in [9.17, 15) is 4.79 Å².